The third-order valence-electron chi connectivity index (χ3n) is 2.44. The van der Waals surface area contributed by atoms with Crippen LogP contribution < -0.4 is 0 Å². The van der Waals surface area contributed by atoms with Gasteiger partial charge in [-0.15, -0.1) is 0 Å². The predicted octanol–water partition coefficient (Wildman–Crippen LogP) is 1.74. The van der Waals surface area contributed by atoms with Crippen molar-refractivity contribution in [3.63, 3.8) is 0 Å². The molecule has 0 aliphatic heterocycles. The van der Waals surface area contributed by atoms with E-state index in [0.717, 1.165) is 10.9 Å². The molecule has 0 unspecified atom stereocenters. The van der Waals surface area contributed by atoms with Crippen LogP contribution in [0.5, 0.6) is 0 Å². The van der Waals surface area contributed by atoms with Crippen LogP contribution in [0.15, 0.2) is 24.3 Å². The largest absolute Gasteiger partial charge is 0.349 e. The van der Waals surface area contributed by atoms with Gasteiger partial charge in [0, 0.05) is 25.0 Å². The Hall–Kier alpha value is -2.28. The number of rotatable bonds is 1. The molecule has 4 nitrogen and oxygen atoms in total. The lowest BCUT2D eigenvalue weighted by Crippen LogP contribution is -2.22. The van der Waals surface area contributed by atoms with Crippen LogP contribution in [0.1, 0.15) is 16.1 Å². The van der Waals surface area contributed by atoms with Gasteiger partial charge in [0.2, 0.25) is 0 Å². The zero-order valence-electron chi connectivity index (χ0n) is 9.11. The third-order valence-corrected chi connectivity index (χ3v) is 2.44. The van der Waals surface area contributed by atoms with Gasteiger partial charge in [-0.25, -0.2) is 0 Å². The van der Waals surface area contributed by atoms with E-state index in [1.54, 1.807) is 14.1 Å². The second-order valence-corrected chi connectivity index (χ2v) is 3.73. The average Bonchev–Trinajstić information content (AvgIpc) is 2.65. The highest BCUT2D eigenvalue weighted by molar-refractivity contribution is 6.02. The maximum Gasteiger partial charge on any atom is 0.271 e. The van der Waals surface area contributed by atoms with E-state index in [-0.39, 0.29) is 5.91 Å². The number of nitriles is 1. The summed E-state index contributed by atoms with van der Waals surface area (Å²) in [5, 5.41) is 9.88. The summed E-state index contributed by atoms with van der Waals surface area (Å²) in [7, 11) is 3.32. The van der Waals surface area contributed by atoms with Crippen LogP contribution in [-0.2, 0) is 0 Å². The molecule has 0 spiro atoms. The second kappa shape index (κ2) is 3.70. The zero-order chi connectivity index (χ0) is 11.7. The Labute approximate surface area is 93.1 Å². The van der Waals surface area contributed by atoms with E-state index in [4.69, 9.17) is 5.26 Å². The molecule has 2 rings (SSSR count). The van der Waals surface area contributed by atoms with Gasteiger partial charge in [0.05, 0.1) is 5.56 Å². The van der Waals surface area contributed by atoms with Crippen LogP contribution in [0, 0.1) is 11.3 Å². The Balaban J connectivity index is 2.72. The Kier molecular flexibility index (Phi) is 2.37. The SMILES string of the molecule is CN(C)C(=O)c1[nH]c2ccccc2c1C#N. The number of benzene rings is 1. The van der Waals surface area contributed by atoms with Gasteiger partial charge in [-0.2, -0.15) is 5.26 Å². The number of fused-ring (bicyclic) bond motifs is 1. The van der Waals surface area contributed by atoms with E-state index in [9.17, 15) is 4.79 Å². The van der Waals surface area contributed by atoms with E-state index in [1.807, 2.05) is 24.3 Å². The minimum absolute atomic E-state index is 0.187. The highest BCUT2D eigenvalue weighted by atomic mass is 16.2. The van der Waals surface area contributed by atoms with Gasteiger partial charge in [0.1, 0.15) is 11.8 Å². The van der Waals surface area contributed by atoms with E-state index in [1.165, 1.54) is 4.90 Å². The summed E-state index contributed by atoms with van der Waals surface area (Å²) in [5.41, 5.74) is 1.58. The lowest BCUT2D eigenvalue weighted by atomic mass is 10.1. The molecule has 1 aromatic heterocycles. The molecule has 0 radical (unpaired) electrons. The molecule has 1 N–H and O–H groups in total. The Morgan fingerprint density at radius 2 is 2.06 bits per heavy atom. The molecule has 0 saturated carbocycles. The van der Waals surface area contributed by atoms with Crippen LogP contribution in [0.25, 0.3) is 10.9 Å². The Morgan fingerprint density at radius 3 is 2.69 bits per heavy atom. The summed E-state index contributed by atoms with van der Waals surface area (Å²) >= 11 is 0. The standard InChI is InChI=1S/C12H11N3O/c1-15(2)12(16)11-9(7-13)8-5-3-4-6-10(8)14-11/h3-6,14H,1-2H3. The highest BCUT2D eigenvalue weighted by Gasteiger charge is 2.18. The van der Waals surface area contributed by atoms with Crippen molar-refractivity contribution < 1.29 is 4.79 Å². The van der Waals surface area contributed by atoms with E-state index in [2.05, 4.69) is 11.1 Å². The zero-order valence-corrected chi connectivity index (χ0v) is 9.11. The van der Waals surface area contributed by atoms with E-state index >= 15 is 0 Å². The van der Waals surface area contributed by atoms with Crippen molar-refractivity contribution in [3.8, 4) is 6.07 Å². The van der Waals surface area contributed by atoms with Crippen molar-refractivity contribution in [2.75, 3.05) is 14.1 Å². The van der Waals surface area contributed by atoms with Gasteiger partial charge in [-0.1, -0.05) is 18.2 Å². The number of para-hydroxylation sites is 1. The maximum absolute atomic E-state index is 11.8. The number of aromatic amines is 1. The van der Waals surface area contributed by atoms with Crippen molar-refractivity contribution in [2.24, 2.45) is 0 Å². The number of nitrogens with one attached hydrogen (secondary N) is 1. The number of amides is 1. The molecular weight excluding hydrogens is 202 g/mol. The number of H-pyrrole nitrogens is 1. The molecule has 1 aromatic carbocycles. The fourth-order valence-electron chi connectivity index (χ4n) is 1.64. The molecule has 1 amide bonds. The average molecular weight is 213 g/mol. The number of aromatic nitrogens is 1. The van der Waals surface area contributed by atoms with Crippen molar-refractivity contribution in [1.82, 2.24) is 9.88 Å². The van der Waals surface area contributed by atoms with Crippen LogP contribution >= 0.6 is 0 Å². The third kappa shape index (κ3) is 1.43. The van der Waals surface area contributed by atoms with Crippen LogP contribution in [0.3, 0.4) is 0 Å². The smallest absolute Gasteiger partial charge is 0.271 e. The van der Waals surface area contributed by atoms with Crippen LogP contribution in [0.4, 0.5) is 0 Å². The van der Waals surface area contributed by atoms with Gasteiger partial charge in [-0.05, 0) is 6.07 Å². The molecule has 80 valence electrons. The number of hydrogen-bond donors (Lipinski definition) is 1. The van der Waals surface area contributed by atoms with Gasteiger partial charge in [0.25, 0.3) is 5.91 Å². The summed E-state index contributed by atoms with van der Waals surface area (Å²) in [5.74, 6) is -0.187. The first kappa shape index (κ1) is 10.2. The number of carbonyl (C=O) groups excluding carboxylic acids is 1. The van der Waals surface area contributed by atoms with Gasteiger partial charge in [-0.3, -0.25) is 4.79 Å². The predicted molar refractivity (Wildman–Crippen MR) is 61.0 cm³/mol. The van der Waals surface area contributed by atoms with Crippen molar-refractivity contribution in [3.05, 3.63) is 35.5 Å². The van der Waals surface area contributed by atoms with Gasteiger partial charge < -0.3 is 9.88 Å². The number of nitrogens with zero attached hydrogens (tertiary/aromatic N) is 2. The number of carbonyl (C=O) groups is 1. The minimum Gasteiger partial charge on any atom is -0.349 e. The first-order valence-electron chi connectivity index (χ1n) is 4.87. The lowest BCUT2D eigenvalue weighted by Gasteiger charge is -2.08. The quantitative estimate of drug-likeness (QED) is 0.784. The molecule has 0 aliphatic rings. The van der Waals surface area contributed by atoms with Gasteiger partial charge >= 0.3 is 0 Å². The first-order valence-corrected chi connectivity index (χ1v) is 4.87. The minimum atomic E-state index is -0.187. The first-order chi connectivity index (χ1) is 7.65. The molecule has 1 heterocycles. The second-order valence-electron chi connectivity index (χ2n) is 3.73. The Morgan fingerprint density at radius 1 is 1.38 bits per heavy atom. The number of hydrogen-bond acceptors (Lipinski definition) is 2. The topological polar surface area (TPSA) is 59.9 Å². The highest BCUT2D eigenvalue weighted by Crippen LogP contribution is 2.22. The summed E-state index contributed by atoms with van der Waals surface area (Å²) in [6.07, 6.45) is 0. The molecular formula is C12H11N3O. The molecule has 2 aromatic rings. The van der Waals surface area contributed by atoms with Gasteiger partial charge in [0.15, 0.2) is 0 Å². The fraction of sp³-hybridized carbons (Fsp3) is 0.167. The van der Waals surface area contributed by atoms with Crippen molar-refractivity contribution in [1.29, 1.82) is 5.26 Å². The molecule has 0 aliphatic carbocycles. The molecule has 4 heteroatoms. The molecule has 0 saturated heterocycles. The summed E-state index contributed by atoms with van der Waals surface area (Å²) in [6.45, 7) is 0. The van der Waals surface area contributed by atoms with Crippen molar-refractivity contribution >= 4 is 16.8 Å². The van der Waals surface area contributed by atoms with Crippen molar-refractivity contribution in [2.45, 2.75) is 0 Å². The normalized spacial score (nSPS) is 10.1. The van der Waals surface area contributed by atoms with E-state index < -0.39 is 0 Å². The summed E-state index contributed by atoms with van der Waals surface area (Å²) in [6, 6.07) is 9.47. The Bertz CT molecular complexity index is 590. The van der Waals surface area contributed by atoms with Crippen LogP contribution in [-0.4, -0.2) is 29.9 Å². The summed E-state index contributed by atoms with van der Waals surface area (Å²) in [4.78, 5) is 16.3. The maximum atomic E-state index is 11.8. The molecule has 0 fully saturated rings. The van der Waals surface area contributed by atoms with E-state index in [0.29, 0.717) is 11.3 Å². The lowest BCUT2D eigenvalue weighted by molar-refractivity contribution is 0.0822. The van der Waals surface area contributed by atoms with Crippen LogP contribution in [0.2, 0.25) is 0 Å². The monoisotopic (exact) mass is 213 g/mol. The molecule has 0 atom stereocenters. The summed E-state index contributed by atoms with van der Waals surface area (Å²) < 4.78 is 0. The fourth-order valence-corrected chi connectivity index (χ4v) is 1.64. The molecule has 16 heavy (non-hydrogen) atoms. The molecule has 0 bridgehead atoms.